The van der Waals surface area contributed by atoms with Crippen LogP contribution in [-0.2, 0) is 6.42 Å². The van der Waals surface area contributed by atoms with Gasteiger partial charge in [0.1, 0.15) is 10.6 Å². The molecule has 110 valence electrons. The van der Waals surface area contributed by atoms with Gasteiger partial charge in [-0.3, -0.25) is 0 Å². The molecule has 0 N–H and O–H groups in total. The van der Waals surface area contributed by atoms with Crippen LogP contribution in [0.25, 0.3) is 0 Å². The van der Waals surface area contributed by atoms with Crippen molar-refractivity contribution in [3.8, 4) is 17.4 Å². The molecule has 3 rings (SSSR count). The molecule has 0 bridgehead atoms. The van der Waals surface area contributed by atoms with E-state index in [1.54, 1.807) is 6.07 Å². The molecule has 21 heavy (non-hydrogen) atoms. The highest BCUT2D eigenvalue weighted by atomic mass is 35.5. The SMILES string of the molecule is CC1(C)Cc2cccc(Oc3nc(Cl)c(Cl)cc3Cl)c2O1. The van der Waals surface area contributed by atoms with Gasteiger partial charge in [-0.2, -0.15) is 4.98 Å². The molecule has 1 aromatic heterocycles. The smallest absolute Gasteiger partial charge is 0.239 e. The first-order valence-corrected chi connectivity index (χ1v) is 7.49. The monoisotopic (exact) mass is 343 g/mol. The van der Waals surface area contributed by atoms with Crippen molar-refractivity contribution in [2.24, 2.45) is 0 Å². The molecule has 1 aromatic carbocycles. The molecule has 0 amide bonds. The summed E-state index contributed by atoms with van der Waals surface area (Å²) in [5.41, 5.74) is 0.838. The minimum atomic E-state index is -0.253. The van der Waals surface area contributed by atoms with Crippen molar-refractivity contribution in [2.75, 3.05) is 0 Å². The van der Waals surface area contributed by atoms with E-state index in [1.165, 1.54) is 6.07 Å². The highest BCUT2D eigenvalue weighted by Gasteiger charge is 2.32. The van der Waals surface area contributed by atoms with Gasteiger partial charge >= 0.3 is 0 Å². The van der Waals surface area contributed by atoms with Crippen LogP contribution in [0.5, 0.6) is 17.4 Å². The third-order valence-electron chi connectivity index (χ3n) is 3.12. The molecule has 0 unspecified atom stereocenters. The van der Waals surface area contributed by atoms with Gasteiger partial charge in [0.05, 0.1) is 5.02 Å². The van der Waals surface area contributed by atoms with E-state index in [2.05, 4.69) is 4.98 Å². The zero-order valence-electron chi connectivity index (χ0n) is 11.4. The summed E-state index contributed by atoms with van der Waals surface area (Å²) < 4.78 is 11.7. The number of aromatic nitrogens is 1. The Labute approximate surface area is 137 Å². The third-order valence-corrected chi connectivity index (χ3v) is 4.06. The molecule has 0 saturated carbocycles. The number of hydrogen-bond acceptors (Lipinski definition) is 3. The fraction of sp³-hybridized carbons (Fsp3) is 0.267. The van der Waals surface area contributed by atoms with Crippen molar-refractivity contribution in [3.63, 3.8) is 0 Å². The zero-order valence-corrected chi connectivity index (χ0v) is 13.7. The number of benzene rings is 1. The lowest BCUT2D eigenvalue weighted by molar-refractivity contribution is 0.135. The van der Waals surface area contributed by atoms with Gasteiger partial charge in [0.2, 0.25) is 5.88 Å². The second-order valence-corrected chi connectivity index (χ2v) is 6.61. The second-order valence-electron chi connectivity index (χ2n) is 5.43. The van der Waals surface area contributed by atoms with E-state index in [1.807, 2.05) is 26.0 Å². The number of ether oxygens (including phenoxy) is 2. The van der Waals surface area contributed by atoms with Crippen LogP contribution in [0.2, 0.25) is 15.2 Å². The first kappa shape index (κ1) is 14.8. The number of halogens is 3. The minimum absolute atomic E-state index is 0.143. The van der Waals surface area contributed by atoms with E-state index in [0.29, 0.717) is 16.5 Å². The van der Waals surface area contributed by atoms with Gasteiger partial charge in [0, 0.05) is 12.0 Å². The van der Waals surface area contributed by atoms with Gasteiger partial charge in [-0.15, -0.1) is 0 Å². The second kappa shape index (κ2) is 5.24. The minimum Gasteiger partial charge on any atom is -0.483 e. The highest BCUT2D eigenvalue weighted by molar-refractivity contribution is 6.42. The van der Waals surface area contributed by atoms with Gasteiger partial charge in [-0.05, 0) is 26.0 Å². The first-order chi connectivity index (χ1) is 9.85. The van der Waals surface area contributed by atoms with Crippen LogP contribution in [-0.4, -0.2) is 10.6 Å². The average molecular weight is 345 g/mol. The Morgan fingerprint density at radius 3 is 2.71 bits per heavy atom. The van der Waals surface area contributed by atoms with Gasteiger partial charge < -0.3 is 9.47 Å². The standard InChI is InChI=1S/C15H12Cl3NO2/c1-15(2)7-8-4-3-5-11(12(8)21-15)20-14-10(17)6-9(16)13(18)19-14/h3-6H,7H2,1-2H3. The first-order valence-electron chi connectivity index (χ1n) is 6.36. The summed E-state index contributed by atoms with van der Waals surface area (Å²) in [7, 11) is 0. The van der Waals surface area contributed by atoms with Gasteiger partial charge in [-0.25, -0.2) is 0 Å². The summed E-state index contributed by atoms with van der Waals surface area (Å²) in [4.78, 5) is 4.05. The Hall–Kier alpha value is -1.16. The summed E-state index contributed by atoms with van der Waals surface area (Å²) in [6.45, 7) is 4.06. The number of fused-ring (bicyclic) bond motifs is 1. The van der Waals surface area contributed by atoms with Crippen molar-refractivity contribution in [1.29, 1.82) is 0 Å². The molecule has 3 nitrogen and oxygen atoms in total. The number of rotatable bonds is 2. The molecule has 1 aliphatic rings. The maximum absolute atomic E-state index is 6.09. The molecule has 1 aliphatic heterocycles. The van der Waals surface area contributed by atoms with Crippen molar-refractivity contribution >= 4 is 34.8 Å². The van der Waals surface area contributed by atoms with E-state index >= 15 is 0 Å². The molecular formula is C15H12Cl3NO2. The zero-order chi connectivity index (χ0) is 15.2. The summed E-state index contributed by atoms with van der Waals surface area (Å²) in [6, 6.07) is 7.23. The quantitative estimate of drug-likeness (QED) is 0.669. The Morgan fingerprint density at radius 1 is 1.19 bits per heavy atom. The molecule has 0 atom stereocenters. The van der Waals surface area contributed by atoms with Crippen molar-refractivity contribution in [1.82, 2.24) is 4.98 Å². The lowest BCUT2D eigenvalue weighted by atomic mass is 10.0. The van der Waals surface area contributed by atoms with Crippen LogP contribution < -0.4 is 9.47 Å². The number of para-hydroxylation sites is 1. The predicted molar refractivity (Wildman–Crippen MR) is 84.2 cm³/mol. The molecule has 6 heteroatoms. The molecule has 0 radical (unpaired) electrons. The fourth-order valence-corrected chi connectivity index (χ4v) is 2.80. The van der Waals surface area contributed by atoms with E-state index in [4.69, 9.17) is 44.3 Å². The molecule has 0 saturated heterocycles. The molecule has 2 aromatic rings. The van der Waals surface area contributed by atoms with Crippen LogP contribution in [0.1, 0.15) is 19.4 Å². The van der Waals surface area contributed by atoms with Gasteiger partial charge in [0.25, 0.3) is 0 Å². The third kappa shape index (κ3) is 2.91. The molecule has 2 heterocycles. The molecule has 0 spiro atoms. The highest BCUT2D eigenvalue weighted by Crippen LogP contribution is 2.44. The van der Waals surface area contributed by atoms with E-state index in [0.717, 1.165) is 12.0 Å². The van der Waals surface area contributed by atoms with Crippen LogP contribution in [0.15, 0.2) is 24.3 Å². The summed E-state index contributed by atoms with van der Waals surface area (Å²) in [6.07, 6.45) is 0.821. The Morgan fingerprint density at radius 2 is 1.95 bits per heavy atom. The van der Waals surface area contributed by atoms with Crippen LogP contribution in [0.3, 0.4) is 0 Å². The van der Waals surface area contributed by atoms with E-state index < -0.39 is 0 Å². The Kier molecular flexibility index (Phi) is 3.68. The Bertz CT molecular complexity index is 716. The largest absolute Gasteiger partial charge is 0.483 e. The topological polar surface area (TPSA) is 31.4 Å². The summed E-state index contributed by atoms with van der Waals surface area (Å²) in [5, 5.41) is 0.717. The van der Waals surface area contributed by atoms with Crippen molar-refractivity contribution in [3.05, 3.63) is 45.0 Å². The van der Waals surface area contributed by atoms with E-state index in [9.17, 15) is 0 Å². The number of nitrogens with zero attached hydrogens (tertiary/aromatic N) is 1. The number of hydrogen-bond donors (Lipinski definition) is 0. The van der Waals surface area contributed by atoms with Gasteiger partial charge in [-0.1, -0.05) is 46.9 Å². The van der Waals surface area contributed by atoms with Gasteiger partial charge in [0.15, 0.2) is 16.7 Å². The van der Waals surface area contributed by atoms with E-state index in [-0.39, 0.29) is 21.7 Å². The fourth-order valence-electron chi connectivity index (χ4n) is 2.27. The molecular weight excluding hydrogens is 333 g/mol. The van der Waals surface area contributed by atoms with Crippen LogP contribution in [0.4, 0.5) is 0 Å². The summed E-state index contributed by atoms with van der Waals surface area (Å²) in [5.74, 6) is 1.48. The Balaban J connectivity index is 1.98. The lowest BCUT2D eigenvalue weighted by Crippen LogP contribution is -2.24. The normalized spacial score (nSPS) is 15.5. The average Bonchev–Trinajstić information content (AvgIpc) is 2.71. The number of pyridine rings is 1. The molecule has 0 aliphatic carbocycles. The maximum atomic E-state index is 6.09. The van der Waals surface area contributed by atoms with Crippen LogP contribution >= 0.6 is 34.8 Å². The lowest BCUT2D eigenvalue weighted by Gasteiger charge is -2.18. The maximum Gasteiger partial charge on any atom is 0.239 e. The van der Waals surface area contributed by atoms with Crippen molar-refractivity contribution in [2.45, 2.75) is 25.9 Å². The molecule has 0 fully saturated rings. The summed E-state index contributed by atoms with van der Waals surface area (Å²) >= 11 is 17.8. The predicted octanol–water partition coefficient (Wildman–Crippen LogP) is 5.55. The van der Waals surface area contributed by atoms with Crippen LogP contribution in [0, 0.1) is 0 Å². The van der Waals surface area contributed by atoms with Crippen molar-refractivity contribution < 1.29 is 9.47 Å².